The van der Waals surface area contributed by atoms with Gasteiger partial charge in [-0.2, -0.15) is 0 Å². The number of carbonyl (C=O) groups excluding carboxylic acids is 1. The Bertz CT molecular complexity index is 188. The topological polar surface area (TPSA) is 55.1 Å². The molecule has 1 atom stereocenters. The third-order valence-electron chi connectivity index (χ3n) is 3.06. The quantitative estimate of drug-likeness (QED) is 0.707. The first-order valence-corrected chi connectivity index (χ1v) is 5.34. The molecular weight excluding hydrogens is 176 g/mol. The number of amides is 1. The van der Waals surface area contributed by atoms with Crippen molar-refractivity contribution >= 4 is 5.91 Å². The van der Waals surface area contributed by atoms with E-state index in [1.165, 1.54) is 0 Å². The summed E-state index contributed by atoms with van der Waals surface area (Å²) in [5.41, 5.74) is 5.74. The number of hydrogen-bond acceptors (Lipinski definition) is 2. The molecule has 14 heavy (non-hydrogen) atoms. The van der Waals surface area contributed by atoms with Gasteiger partial charge in [0.25, 0.3) is 0 Å². The van der Waals surface area contributed by atoms with Crippen molar-refractivity contribution in [3.8, 4) is 0 Å². The number of carbonyl (C=O) groups is 1. The van der Waals surface area contributed by atoms with Gasteiger partial charge in [-0.05, 0) is 17.8 Å². The second-order valence-corrected chi connectivity index (χ2v) is 4.88. The molecule has 0 aromatic carbocycles. The highest BCUT2D eigenvalue weighted by molar-refractivity contribution is 5.81. The van der Waals surface area contributed by atoms with E-state index in [1.807, 2.05) is 6.92 Å². The first kappa shape index (κ1) is 13.4. The van der Waals surface area contributed by atoms with Crippen LogP contribution in [0.2, 0.25) is 0 Å². The predicted octanol–water partition coefficient (Wildman–Crippen LogP) is 1.52. The van der Waals surface area contributed by atoms with Crippen molar-refractivity contribution in [3.63, 3.8) is 0 Å². The largest absolute Gasteiger partial charge is 0.354 e. The molecule has 84 valence electrons. The molecule has 0 saturated carbocycles. The monoisotopic (exact) mass is 200 g/mol. The first-order chi connectivity index (χ1) is 6.31. The van der Waals surface area contributed by atoms with Crippen LogP contribution in [0, 0.1) is 11.3 Å². The minimum atomic E-state index is -0.363. The van der Waals surface area contributed by atoms with Crippen LogP contribution in [0.5, 0.6) is 0 Å². The molecule has 0 aliphatic carbocycles. The van der Waals surface area contributed by atoms with Gasteiger partial charge >= 0.3 is 0 Å². The van der Waals surface area contributed by atoms with Gasteiger partial charge in [0, 0.05) is 6.54 Å². The molecule has 3 N–H and O–H groups in total. The molecule has 0 spiro atoms. The van der Waals surface area contributed by atoms with E-state index in [-0.39, 0.29) is 17.4 Å². The number of rotatable bonds is 5. The van der Waals surface area contributed by atoms with Gasteiger partial charge in [-0.1, -0.05) is 34.6 Å². The summed E-state index contributed by atoms with van der Waals surface area (Å²) in [5, 5.41) is 2.89. The molecule has 0 saturated heterocycles. The molecule has 0 fully saturated rings. The van der Waals surface area contributed by atoms with E-state index in [1.54, 1.807) is 0 Å². The van der Waals surface area contributed by atoms with E-state index >= 15 is 0 Å². The summed E-state index contributed by atoms with van der Waals surface area (Å²) in [7, 11) is 0. The first-order valence-electron chi connectivity index (χ1n) is 5.34. The van der Waals surface area contributed by atoms with Crippen LogP contribution >= 0.6 is 0 Å². The van der Waals surface area contributed by atoms with E-state index in [2.05, 4.69) is 33.0 Å². The molecule has 0 aromatic rings. The number of hydrogen-bond donors (Lipinski definition) is 2. The molecule has 0 heterocycles. The van der Waals surface area contributed by atoms with E-state index in [0.29, 0.717) is 18.9 Å². The average molecular weight is 200 g/mol. The zero-order valence-electron chi connectivity index (χ0n) is 10.1. The van der Waals surface area contributed by atoms with E-state index in [9.17, 15) is 4.79 Å². The maximum atomic E-state index is 11.4. The van der Waals surface area contributed by atoms with E-state index in [4.69, 9.17) is 5.73 Å². The molecule has 3 heteroatoms. The average Bonchev–Trinajstić information content (AvgIpc) is 2.12. The third kappa shape index (κ3) is 4.09. The van der Waals surface area contributed by atoms with Crippen molar-refractivity contribution in [2.75, 3.05) is 6.54 Å². The van der Waals surface area contributed by atoms with Crippen molar-refractivity contribution in [1.29, 1.82) is 0 Å². The molecule has 1 amide bonds. The summed E-state index contributed by atoms with van der Waals surface area (Å²) in [6.07, 6.45) is 0.688. The minimum absolute atomic E-state index is 0.0405. The Balaban J connectivity index is 4.00. The molecule has 0 aliphatic rings. The highest BCUT2D eigenvalue weighted by Crippen LogP contribution is 2.24. The summed E-state index contributed by atoms with van der Waals surface area (Å²) in [5.74, 6) is 0.502. The Kier molecular flexibility index (Phi) is 5.13. The lowest BCUT2D eigenvalue weighted by Crippen LogP contribution is -2.44. The summed E-state index contributed by atoms with van der Waals surface area (Å²) < 4.78 is 0. The van der Waals surface area contributed by atoms with Crippen molar-refractivity contribution in [2.45, 2.75) is 47.1 Å². The second kappa shape index (κ2) is 5.35. The van der Waals surface area contributed by atoms with Gasteiger partial charge in [-0.25, -0.2) is 0 Å². The van der Waals surface area contributed by atoms with Gasteiger partial charge in [0.15, 0.2) is 0 Å². The Labute approximate surface area is 87.4 Å². The second-order valence-electron chi connectivity index (χ2n) is 4.88. The summed E-state index contributed by atoms with van der Waals surface area (Å²) in [6.45, 7) is 11.2. The Morgan fingerprint density at radius 3 is 2.29 bits per heavy atom. The van der Waals surface area contributed by atoms with Crippen LogP contribution in [-0.4, -0.2) is 18.5 Å². The highest BCUT2D eigenvalue weighted by atomic mass is 16.2. The molecule has 3 nitrogen and oxygen atoms in total. The maximum absolute atomic E-state index is 11.4. The third-order valence-corrected chi connectivity index (χ3v) is 3.06. The number of nitrogens with one attached hydrogen (secondary N) is 1. The lowest BCUT2D eigenvalue weighted by Gasteiger charge is -2.29. The van der Waals surface area contributed by atoms with Crippen molar-refractivity contribution in [3.05, 3.63) is 0 Å². The van der Waals surface area contributed by atoms with Crippen LogP contribution in [0.15, 0.2) is 0 Å². The fourth-order valence-corrected chi connectivity index (χ4v) is 0.836. The zero-order valence-corrected chi connectivity index (χ0v) is 10.1. The van der Waals surface area contributed by atoms with Crippen molar-refractivity contribution in [1.82, 2.24) is 5.32 Å². The smallest absolute Gasteiger partial charge is 0.236 e. The maximum Gasteiger partial charge on any atom is 0.236 e. The minimum Gasteiger partial charge on any atom is -0.354 e. The molecule has 1 unspecified atom stereocenters. The van der Waals surface area contributed by atoms with E-state index in [0.717, 1.165) is 0 Å². The SMILES string of the molecule is CCC(N)C(=O)NCC(C)(C)C(C)C. The van der Waals surface area contributed by atoms with Crippen LogP contribution in [0.4, 0.5) is 0 Å². The molecule has 0 radical (unpaired) electrons. The Hall–Kier alpha value is -0.570. The van der Waals surface area contributed by atoms with Crippen molar-refractivity contribution < 1.29 is 4.79 Å². The van der Waals surface area contributed by atoms with Gasteiger partial charge in [0.05, 0.1) is 6.04 Å². The van der Waals surface area contributed by atoms with Gasteiger partial charge < -0.3 is 11.1 Å². The van der Waals surface area contributed by atoms with Gasteiger partial charge in [-0.3, -0.25) is 4.79 Å². The lowest BCUT2D eigenvalue weighted by atomic mass is 9.81. The van der Waals surface area contributed by atoms with Gasteiger partial charge in [0.1, 0.15) is 0 Å². The molecule has 0 aliphatic heterocycles. The van der Waals surface area contributed by atoms with Crippen LogP contribution in [-0.2, 0) is 4.79 Å². The van der Waals surface area contributed by atoms with Crippen LogP contribution < -0.4 is 11.1 Å². The lowest BCUT2D eigenvalue weighted by molar-refractivity contribution is -0.123. The highest BCUT2D eigenvalue weighted by Gasteiger charge is 2.23. The van der Waals surface area contributed by atoms with Crippen LogP contribution in [0.3, 0.4) is 0 Å². The summed E-state index contributed by atoms with van der Waals surface area (Å²) in [6, 6.07) is -0.363. The molecule has 0 aromatic heterocycles. The fourth-order valence-electron chi connectivity index (χ4n) is 0.836. The zero-order chi connectivity index (χ0) is 11.4. The Morgan fingerprint density at radius 1 is 1.43 bits per heavy atom. The van der Waals surface area contributed by atoms with Crippen LogP contribution in [0.25, 0.3) is 0 Å². The standard InChI is InChI=1S/C11H24N2O/c1-6-9(12)10(14)13-7-11(4,5)8(2)3/h8-9H,6-7,12H2,1-5H3,(H,13,14). The Morgan fingerprint density at radius 2 is 1.93 bits per heavy atom. The van der Waals surface area contributed by atoms with Gasteiger partial charge in [-0.15, -0.1) is 0 Å². The molecular formula is C11H24N2O. The van der Waals surface area contributed by atoms with E-state index < -0.39 is 0 Å². The fraction of sp³-hybridized carbons (Fsp3) is 0.909. The molecule has 0 bridgehead atoms. The van der Waals surface area contributed by atoms with Crippen LogP contribution in [0.1, 0.15) is 41.0 Å². The normalized spacial score (nSPS) is 14.2. The number of nitrogens with two attached hydrogens (primary N) is 1. The van der Waals surface area contributed by atoms with Crippen molar-refractivity contribution in [2.24, 2.45) is 17.1 Å². The van der Waals surface area contributed by atoms with Gasteiger partial charge in [0.2, 0.25) is 5.91 Å². The molecule has 0 rings (SSSR count). The summed E-state index contributed by atoms with van der Waals surface area (Å²) >= 11 is 0. The summed E-state index contributed by atoms with van der Waals surface area (Å²) in [4.78, 5) is 11.4. The predicted molar refractivity (Wildman–Crippen MR) is 59.9 cm³/mol.